The molecule has 1 aliphatic carbocycles. The van der Waals surface area contributed by atoms with Crippen molar-refractivity contribution in [2.75, 3.05) is 31.1 Å². The predicted octanol–water partition coefficient (Wildman–Crippen LogP) is 2.20. The summed E-state index contributed by atoms with van der Waals surface area (Å²) in [5.41, 5.74) is 1.17. The van der Waals surface area contributed by atoms with Gasteiger partial charge in [0.05, 0.1) is 0 Å². The highest BCUT2D eigenvalue weighted by Gasteiger charge is 2.29. The van der Waals surface area contributed by atoms with Gasteiger partial charge in [0.25, 0.3) is 10.2 Å². The lowest BCUT2D eigenvalue weighted by atomic mass is 9.96. The van der Waals surface area contributed by atoms with Crippen LogP contribution in [0.25, 0.3) is 0 Å². The molecule has 0 unspecified atom stereocenters. The van der Waals surface area contributed by atoms with Gasteiger partial charge in [0.15, 0.2) is 0 Å². The van der Waals surface area contributed by atoms with Gasteiger partial charge in [-0.05, 0) is 25.0 Å². The predicted molar refractivity (Wildman–Crippen MR) is 99.8 cm³/mol. The molecule has 2 aliphatic rings. The van der Waals surface area contributed by atoms with Crippen LogP contribution in [0.15, 0.2) is 30.3 Å². The van der Waals surface area contributed by atoms with Crippen molar-refractivity contribution < 1.29 is 23.4 Å². The third kappa shape index (κ3) is 6.47. The maximum Gasteiger partial charge on any atom is 0.503 e. The van der Waals surface area contributed by atoms with Crippen molar-refractivity contribution in [1.82, 2.24) is 9.03 Å². The lowest BCUT2D eigenvalue weighted by molar-refractivity contribution is 0.137. The molecule has 1 aromatic carbocycles. The minimum atomic E-state index is -3.33. The Morgan fingerprint density at radius 1 is 0.962 bits per heavy atom. The van der Waals surface area contributed by atoms with Crippen molar-refractivity contribution in [3.63, 3.8) is 0 Å². The van der Waals surface area contributed by atoms with Crippen molar-refractivity contribution in [3.05, 3.63) is 30.3 Å². The highest BCUT2D eigenvalue weighted by molar-refractivity contribution is 7.87. The van der Waals surface area contributed by atoms with Crippen LogP contribution in [0.5, 0.6) is 0 Å². The van der Waals surface area contributed by atoms with Gasteiger partial charge < -0.3 is 15.1 Å². The van der Waals surface area contributed by atoms with E-state index in [0.29, 0.717) is 13.1 Å². The lowest BCUT2D eigenvalue weighted by Crippen LogP contribution is -2.53. The first-order valence-corrected chi connectivity index (χ1v) is 10.3. The van der Waals surface area contributed by atoms with Gasteiger partial charge in [-0.3, -0.25) is 0 Å². The number of carbonyl (C=O) groups is 1. The van der Waals surface area contributed by atoms with Crippen LogP contribution in [0.4, 0.5) is 10.5 Å². The zero-order valence-corrected chi connectivity index (χ0v) is 15.6. The first-order chi connectivity index (χ1) is 12.4. The lowest BCUT2D eigenvalue weighted by Gasteiger charge is -2.36. The SMILES string of the molecule is O=C(O)O.O=S(=O)(NC1CCCCC1)N1CCN(c2ccccc2)CC1. The maximum absolute atomic E-state index is 12.5. The van der Waals surface area contributed by atoms with E-state index >= 15 is 0 Å². The van der Waals surface area contributed by atoms with E-state index in [4.69, 9.17) is 15.0 Å². The fraction of sp³-hybridized carbons (Fsp3) is 0.588. The summed E-state index contributed by atoms with van der Waals surface area (Å²) in [5, 5.41) is 13.9. The first-order valence-electron chi connectivity index (χ1n) is 8.88. The normalized spacial score (nSPS) is 19.5. The number of nitrogens with one attached hydrogen (secondary N) is 1. The molecule has 0 aromatic heterocycles. The van der Waals surface area contributed by atoms with Crippen LogP contribution in [0, 0.1) is 0 Å². The summed E-state index contributed by atoms with van der Waals surface area (Å²) in [6.07, 6.45) is 3.62. The Morgan fingerprint density at radius 2 is 1.50 bits per heavy atom. The number of anilines is 1. The molecular weight excluding hydrogens is 358 g/mol. The van der Waals surface area contributed by atoms with Crippen LogP contribution >= 0.6 is 0 Å². The molecule has 1 saturated heterocycles. The van der Waals surface area contributed by atoms with E-state index in [0.717, 1.165) is 38.8 Å². The number of nitrogens with zero attached hydrogens (tertiary/aromatic N) is 2. The third-order valence-corrected chi connectivity index (χ3v) is 6.30. The molecule has 1 aromatic rings. The van der Waals surface area contributed by atoms with Gasteiger partial charge in [0.2, 0.25) is 0 Å². The average Bonchev–Trinajstić information content (AvgIpc) is 2.63. The Kier molecular flexibility index (Phi) is 7.67. The molecule has 0 spiro atoms. The van der Waals surface area contributed by atoms with Crippen molar-refractivity contribution in [3.8, 4) is 0 Å². The Balaban J connectivity index is 0.000000552. The molecule has 3 N–H and O–H groups in total. The molecule has 0 bridgehead atoms. The first kappa shape index (κ1) is 20.5. The van der Waals surface area contributed by atoms with E-state index in [1.54, 1.807) is 4.31 Å². The van der Waals surface area contributed by atoms with E-state index in [1.807, 2.05) is 18.2 Å². The number of benzene rings is 1. The number of hydrogen-bond acceptors (Lipinski definition) is 4. The van der Waals surface area contributed by atoms with Crippen LogP contribution in [0.2, 0.25) is 0 Å². The van der Waals surface area contributed by atoms with Crippen LogP contribution in [-0.4, -0.2) is 61.3 Å². The smallest absolute Gasteiger partial charge is 0.450 e. The summed E-state index contributed by atoms with van der Waals surface area (Å²) in [6.45, 7) is 2.60. The summed E-state index contributed by atoms with van der Waals surface area (Å²) in [6, 6.07) is 10.3. The second kappa shape index (κ2) is 9.75. The summed E-state index contributed by atoms with van der Waals surface area (Å²) >= 11 is 0. The molecule has 9 heteroatoms. The summed E-state index contributed by atoms with van der Waals surface area (Å²) in [5.74, 6) is 0. The Bertz CT molecular complexity index is 650. The van der Waals surface area contributed by atoms with Gasteiger partial charge in [0.1, 0.15) is 0 Å². The van der Waals surface area contributed by atoms with Crippen LogP contribution < -0.4 is 9.62 Å². The van der Waals surface area contributed by atoms with Crippen molar-refractivity contribution in [2.45, 2.75) is 38.1 Å². The molecule has 26 heavy (non-hydrogen) atoms. The number of para-hydroxylation sites is 1. The number of piperazine rings is 1. The van der Waals surface area contributed by atoms with Crippen LogP contribution in [0.3, 0.4) is 0 Å². The summed E-state index contributed by atoms with van der Waals surface area (Å²) in [7, 11) is -3.33. The standard InChI is InChI=1S/C16H25N3O2S.CH2O3/c20-22(21,17-15-7-3-1-4-8-15)19-13-11-18(12-14-19)16-9-5-2-6-10-16;2-1(3)4/h2,5-6,9-10,15,17H,1,3-4,7-8,11-14H2;(H2,2,3,4). The van der Waals surface area contributed by atoms with Gasteiger partial charge in [-0.15, -0.1) is 0 Å². The van der Waals surface area contributed by atoms with E-state index < -0.39 is 16.4 Å². The summed E-state index contributed by atoms with van der Waals surface area (Å²) < 4.78 is 29.5. The zero-order chi connectivity index (χ0) is 19.0. The molecule has 1 aliphatic heterocycles. The average molecular weight is 385 g/mol. The zero-order valence-electron chi connectivity index (χ0n) is 14.7. The molecule has 0 radical (unpaired) electrons. The van der Waals surface area contributed by atoms with E-state index in [9.17, 15) is 8.42 Å². The topological polar surface area (TPSA) is 110 Å². The van der Waals surface area contributed by atoms with Crippen molar-refractivity contribution in [2.24, 2.45) is 0 Å². The molecule has 3 rings (SSSR count). The van der Waals surface area contributed by atoms with E-state index in [1.165, 1.54) is 12.1 Å². The maximum atomic E-state index is 12.5. The molecule has 2 fully saturated rings. The molecule has 8 nitrogen and oxygen atoms in total. The van der Waals surface area contributed by atoms with Gasteiger partial charge in [0, 0.05) is 37.9 Å². The fourth-order valence-corrected chi connectivity index (χ4v) is 4.78. The third-order valence-electron chi connectivity index (χ3n) is 4.62. The van der Waals surface area contributed by atoms with Gasteiger partial charge in [-0.1, -0.05) is 37.5 Å². The number of carboxylic acid groups (broad SMARTS) is 2. The second-order valence-electron chi connectivity index (χ2n) is 6.46. The molecule has 146 valence electrons. The Labute approximate surface area is 154 Å². The minimum absolute atomic E-state index is 0.130. The molecule has 1 heterocycles. The molecular formula is C17H27N3O5S. The monoisotopic (exact) mass is 385 g/mol. The molecule has 0 amide bonds. The van der Waals surface area contributed by atoms with Gasteiger partial charge in [-0.2, -0.15) is 17.4 Å². The number of rotatable bonds is 4. The largest absolute Gasteiger partial charge is 0.503 e. The quantitative estimate of drug-likeness (QED) is 0.733. The van der Waals surface area contributed by atoms with E-state index in [-0.39, 0.29) is 6.04 Å². The fourth-order valence-electron chi connectivity index (χ4n) is 3.33. The highest BCUT2D eigenvalue weighted by Crippen LogP contribution is 2.20. The minimum Gasteiger partial charge on any atom is -0.450 e. The van der Waals surface area contributed by atoms with Crippen molar-refractivity contribution >= 4 is 22.1 Å². The van der Waals surface area contributed by atoms with E-state index in [2.05, 4.69) is 21.8 Å². The van der Waals surface area contributed by atoms with Crippen molar-refractivity contribution in [1.29, 1.82) is 0 Å². The van der Waals surface area contributed by atoms with Crippen LogP contribution in [0.1, 0.15) is 32.1 Å². The van der Waals surface area contributed by atoms with Crippen LogP contribution in [-0.2, 0) is 10.2 Å². The van der Waals surface area contributed by atoms with Gasteiger partial charge in [-0.25, -0.2) is 4.79 Å². The highest BCUT2D eigenvalue weighted by atomic mass is 32.2. The molecule has 1 saturated carbocycles. The number of hydrogen-bond donors (Lipinski definition) is 3. The summed E-state index contributed by atoms with van der Waals surface area (Å²) in [4.78, 5) is 10.8. The second-order valence-corrected chi connectivity index (χ2v) is 8.16. The Morgan fingerprint density at radius 3 is 2.04 bits per heavy atom. The van der Waals surface area contributed by atoms with Gasteiger partial charge >= 0.3 is 6.16 Å². The Hall–Kier alpha value is -1.84. The molecule has 0 atom stereocenters.